The lowest BCUT2D eigenvalue weighted by molar-refractivity contribution is 0.385. The third-order valence-corrected chi connectivity index (χ3v) is 5.93. The summed E-state index contributed by atoms with van der Waals surface area (Å²) >= 11 is 6.65. The van der Waals surface area contributed by atoms with Gasteiger partial charge in [0.15, 0.2) is 11.5 Å². The molecule has 2 aromatic heterocycles. The standard InChI is InChI=1S/C20H25ClN6O/c1-11-15(21)8-14(18(28-3)16(11)13-4-6-22-7-5-13)12(2)27-20-17-19(24-9-23-17)25-10-26-20/h8-10,12-13,22H,4-7H2,1-3H3,(H2,23,24,25,26,27). The Labute approximate surface area is 169 Å². The summed E-state index contributed by atoms with van der Waals surface area (Å²) in [5, 5.41) is 7.65. The molecule has 1 atom stereocenters. The summed E-state index contributed by atoms with van der Waals surface area (Å²) in [4.78, 5) is 15.9. The largest absolute Gasteiger partial charge is 0.496 e. The molecule has 148 valence electrons. The van der Waals surface area contributed by atoms with Crippen LogP contribution in [0.15, 0.2) is 18.7 Å². The number of fused-ring (bicyclic) bond motifs is 1. The van der Waals surface area contributed by atoms with Gasteiger partial charge in [0.25, 0.3) is 0 Å². The summed E-state index contributed by atoms with van der Waals surface area (Å²) in [6.07, 6.45) is 5.31. The molecule has 3 aromatic rings. The van der Waals surface area contributed by atoms with Crippen LogP contribution < -0.4 is 15.4 Å². The topological polar surface area (TPSA) is 87.8 Å². The van der Waals surface area contributed by atoms with Gasteiger partial charge < -0.3 is 20.4 Å². The highest BCUT2D eigenvalue weighted by Crippen LogP contribution is 2.43. The van der Waals surface area contributed by atoms with Crippen LogP contribution in [0.1, 0.15) is 48.4 Å². The minimum absolute atomic E-state index is 0.0664. The first-order valence-corrected chi connectivity index (χ1v) is 9.96. The summed E-state index contributed by atoms with van der Waals surface area (Å²) in [6, 6.07) is 1.93. The maximum absolute atomic E-state index is 6.65. The molecule has 3 heterocycles. The Morgan fingerprint density at radius 2 is 2.04 bits per heavy atom. The van der Waals surface area contributed by atoms with Crippen molar-refractivity contribution in [2.75, 3.05) is 25.5 Å². The van der Waals surface area contributed by atoms with Gasteiger partial charge >= 0.3 is 0 Å². The number of imidazole rings is 1. The highest BCUT2D eigenvalue weighted by molar-refractivity contribution is 6.31. The van der Waals surface area contributed by atoms with E-state index >= 15 is 0 Å². The molecule has 0 spiro atoms. The monoisotopic (exact) mass is 400 g/mol. The molecule has 0 aliphatic carbocycles. The Morgan fingerprint density at radius 3 is 2.79 bits per heavy atom. The van der Waals surface area contributed by atoms with Gasteiger partial charge in [0, 0.05) is 16.1 Å². The lowest BCUT2D eigenvalue weighted by Gasteiger charge is -2.29. The molecular formula is C20H25ClN6O. The fourth-order valence-electron chi connectivity index (χ4n) is 4.07. The van der Waals surface area contributed by atoms with Crippen molar-refractivity contribution in [2.45, 2.75) is 38.6 Å². The van der Waals surface area contributed by atoms with Crippen LogP contribution in [0, 0.1) is 6.92 Å². The number of benzene rings is 1. The summed E-state index contributed by atoms with van der Waals surface area (Å²) in [5.41, 5.74) is 4.78. The maximum atomic E-state index is 6.65. The average Bonchev–Trinajstić information content (AvgIpc) is 3.20. The van der Waals surface area contributed by atoms with Crippen molar-refractivity contribution in [3.63, 3.8) is 0 Å². The van der Waals surface area contributed by atoms with Crippen molar-refractivity contribution >= 4 is 28.6 Å². The SMILES string of the molecule is COc1c(C(C)Nc2ncnc3[nH]cnc23)cc(Cl)c(C)c1C1CCNCC1. The number of aromatic nitrogens is 4. The van der Waals surface area contributed by atoms with Gasteiger partial charge in [-0.15, -0.1) is 0 Å². The summed E-state index contributed by atoms with van der Waals surface area (Å²) in [5.74, 6) is 2.04. The van der Waals surface area contributed by atoms with Crippen LogP contribution in [0.2, 0.25) is 5.02 Å². The lowest BCUT2D eigenvalue weighted by Crippen LogP contribution is -2.27. The van der Waals surface area contributed by atoms with Crippen molar-refractivity contribution in [2.24, 2.45) is 0 Å². The molecule has 0 radical (unpaired) electrons. The number of nitrogens with zero attached hydrogens (tertiary/aromatic N) is 3. The van der Waals surface area contributed by atoms with Crippen molar-refractivity contribution in [1.82, 2.24) is 25.3 Å². The van der Waals surface area contributed by atoms with E-state index in [1.165, 1.54) is 11.9 Å². The number of H-pyrrole nitrogens is 1. The predicted molar refractivity (Wildman–Crippen MR) is 111 cm³/mol. The van der Waals surface area contributed by atoms with Crippen LogP contribution >= 0.6 is 11.6 Å². The number of hydrogen-bond donors (Lipinski definition) is 3. The molecule has 1 fully saturated rings. The van der Waals surface area contributed by atoms with Gasteiger partial charge in [-0.3, -0.25) is 0 Å². The minimum atomic E-state index is -0.0664. The highest BCUT2D eigenvalue weighted by Gasteiger charge is 2.26. The molecule has 1 unspecified atom stereocenters. The van der Waals surface area contributed by atoms with Gasteiger partial charge in [-0.1, -0.05) is 11.6 Å². The number of halogens is 1. The highest BCUT2D eigenvalue weighted by atomic mass is 35.5. The van der Waals surface area contributed by atoms with Gasteiger partial charge in [0.2, 0.25) is 0 Å². The average molecular weight is 401 g/mol. The number of methoxy groups -OCH3 is 1. The number of ether oxygens (including phenoxy) is 1. The zero-order chi connectivity index (χ0) is 19.7. The van der Waals surface area contributed by atoms with Crippen molar-refractivity contribution in [3.05, 3.63) is 40.4 Å². The molecule has 28 heavy (non-hydrogen) atoms. The van der Waals surface area contributed by atoms with Crippen molar-refractivity contribution in [3.8, 4) is 5.75 Å². The van der Waals surface area contributed by atoms with E-state index in [9.17, 15) is 0 Å². The van der Waals surface area contributed by atoms with E-state index in [1.54, 1.807) is 13.4 Å². The molecule has 4 rings (SSSR count). The second-order valence-electron chi connectivity index (χ2n) is 7.23. The molecule has 8 heteroatoms. The number of aromatic amines is 1. The molecule has 1 saturated heterocycles. The van der Waals surface area contributed by atoms with Crippen LogP contribution in [0.25, 0.3) is 11.2 Å². The van der Waals surface area contributed by atoms with Gasteiger partial charge in [-0.25, -0.2) is 15.0 Å². The smallest absolute Gasteiger partial charge is 0.162 e. The van der Waals surface area contributed by atoms with Crippen molar-refractivity contribution in [1.29, 1.82) is 0 Å². The Bertz CT molecular complexity index is 982. The zero-order valence-corrected chi connectivity index (χ0v) is 17.1. The summed E-state index contributed by atoms with van der Waals surface area (Å²) in [6.45, 7) is 6.19. The number of piperidine rings is 1. The second-order valence-corrected chi connectivity index (χ2v) is 7.64. The van der Waals surface area contributed by atoms with Crippen LogP contribution in [0.5, 0.6) is 5.75 Å². The first-order valence-electron chi connectivity index (χ1n) is 9.58. The number of anilines is 1. The maximum Gasteiger partial charge on any atom is 0.162 e. The van der Waals surface area contributed by atoms with Gasteiger partial charge in [-0.2, -0.15) is 0 Å². The molecule has 7 nitrogen and oxygen atoms in total. The van der Waals surface area contributed by atoms with E-state index in [2.05, 4.69) is 44.4 Å². The third-order valence-electron chi connectivity index (χ3n) is 5.54. The molecule has 1 aliphatic rings. The third kappa shape index (κ3) is 3.40. The molecule has 0 saturated carbocycles. The Kier molecular flexibility index (Phi) is 5.37. The van der Waals surface area contributed by atoms with Crippen molar-refractivity contribution < 1.29 is 4.74 Å². The molecule has 1 aliphatic heterocycles. The van der Waals surface area contributed by atoms with E-state index in [-0.39, 0.29) is 6.04 Å². The fourth-order valence-corrected chi connectivity index (χ4v) is 4.29. The van der Waals surface area contributed by atoms with Crippen LogP contribution in [0.3, 0.4) is 0 Å². The first-order chi connectivity index (χ1) is 13.6. The normalized spacial score (nSPS) is 16.3. The van der Waals surface area contributed by atoms with E-state index < -0.39 is 0 Å². The summed E-state index contributed by atoms with van der Waals surface area (Å²) in [7, 11) is 1.74. The fraction of sp³-hybridized carbons (Fsp3) is 0.450. The predicted octanol–water partition coefficient (Wildman–Crippen LogP) is 3.96. The minimum Gasteiger partial charge on any atom is -0.496 e. The molecular weight excluding hydrogens is 376 g/mol. The number of nitrogens with one attached hydrogen (secondary N) is 3. The van der Waals surface area contributed by atoms with Gasteiger partial charge in [-0.05, 0) is 57.3 Å². The molecule has 1 aromatic carbocycles. The Balaban J connectivity index is 1.74. The van der Waals surface area contributed by atoms with E-state index in [1.807, 2.05) is 6.07 Å². The molecule has 0 amide bonds. The number of hydrogen-bond acceptors (Lipinski definition) is 6. The van der Waals surface area contributed by atoms with E-state index in [0.717, 1.165) is 47.8 Å². The lowest BCUT2D eigenvalue weighted by atomic mass is 9.84. The van der Waals surface area contributed by atoms with Gasteiger partial charge in [0.1, 0.15) is 17.6 Å². The summed E-state index contributed by atoms with van der Waals surface area (Å²) < 4.78 is 5.92. The van der Waals surface area contributed by atoms with Crippen LogP contribution in [-0.2, 0) is 0 Å². The van der Waals surface area contributed by atoms with Crippen LogP contribution in [0.4, 0.5) is 5.82 Å². The van der Waals surface area contributed by atoms with Crippen LogP contribution in [-0.4, -0.2) is 40.1 Å². The first kappa shape index (κ1) is 19.0. The zero-order valence-electron chi connectivity index (χ0n) is 16.3. The van der Waals surface area contributed by atoms with Gasteiger partial charge in [0.05, 0.1) is 19.5 Å². The second kappa shape index (κ2) is 7.93. The van der Waals surface area contributed by atoms with E-state index in [0.29, 0.717) is 22.9 Å². The quantitative estimate of drug-likeness (QED) is 0.600. The van der Waals surface area contributed by atoms with E-state index in [4.69, 9.17) is 16.3 Å². The Morgan fingerprint density at radius 1 is 1.25 bits per heavy atom. The Hall–Kier alpha value is -2.38. The number of rotatable bonds is 5. The molecule has 3 N–H and O–H groups in total. The molecule has 0 bridgehead atoms.